The molecule has 0 aliphatic carbocycles. The minimum absolute atomic E-state index is 0.959. The Morgan fingerprint density at radius 2 is 0.531 bits per heavy atom. The van der Waals surface area contributed by atoms with Gasteiger partial charge in [-0.25, -0.2) is 0 Å². The van der Waals surface area contributed by atoms with Crippen molar-refractivity contribution in [3.05, 3.63) is 144 Å². The van der Waals surface area contributed by atoms with Gasteiger partial charge >= 0.3 is 0 Å². The largest absolute Gasteiger partial charge is 0.294 e. The molecule has 0 unspecified atom stereocenters. The van der Waals surface area contributed by atoms with E-state index in [1.807, 2.05) is 0 Å². The van der Waals surface area contributed by atoms with E-state index in [2.05, 4.69) is 131 Å². The summed E-state index contributed by atoms with van der Waals surface area (Å²) in [5.74, 6) is 0. The van der Waals surface area contributed by atoms with Crippen molar-refractivity contribution in [2.24, 2.45) is 0 Å². The Morgan fingerprint density at radius 3 is 0.750 bits per heavy atom. The van der Waals surface area contributed by atoms with Gasteiger partial charge in [-0.1, -0.05) is 121 Å². The predicted octanol–water partition coefficient (Wildman–Crippen LogP) is 6.39. The molecule has 0 radical (unpaired) electrons. The molecule has 4 aromatic rings. The lowest BCUT2D eigenvalue weighted by Crippen LogP contribution is -2.34. The van der Waals surface area contributed by atoms with Crippen LogP contribution in [0.3, 0.4) is 0 Å². The van der Waals surface area contributed by atoms with Crippen molar-refractivity contribution < 1.29 is 0 Å². The molecule has 0 atom stereocenters. The maximum Gasteiger partial charge on any atom is 0.0237 e. The van der Waals surface area contributed by atoms with Gasteiger partial charge in [-0.3, -0.25) is 9.80 Å². The van der Waals surface area contributed by atoms with Gasteiger partial charge in [-0.15, -0.1) is 0 Å². The molecule has 2 heteroatoms. The van der Waals surface area contributed by atoms with E-state index in [0.29, 0.717) is 0 Å². The number of nitrogens with zero attached hydrogens (tertiary/aromatic N) is 2. The van der Waals surface area contributed by atoms with E-state index in [9.17, 15) is 0 Å². The molecule has 0 saturated heterocycles. The molecule has 0 aromatic heterocycles. The minimum atomic E-state index is 0.959. The SMILES string of the molecule is c1ccc(CN(CCN(Cc2ccccc2)Cc2ccccc2)Cc2ccccc2)cc1. The van der Waals surface area contributed by atoms with Crippen molar-refractivity contribution in [3.8, 4) is 0 Å². The van der Waals surface area contributed by atoms with Crippen LogP contribution in [0.5, 0.6) is 0 Å². The molecule has 32 heavy (non-hydrogen) atoms. The molecule has 0 spiro atoms. The molecule has 0 aliphatic heterocycles. The van der Waals surface area contributed by atoms with E-state index in [4.69, 9.17) is 0 Å². The Hall–Kier alpha value is -3.20. The Balaban J connectivity index is 1.47. The zero-order valence-corrected chi connectivity index (χ0v) is 18.7. The van der Waals surface area contributed by atoms with E-state index >= 15 is 0 Å². The Bertz CT molecular complexity index is 847. The molecule has 0 fully saturated rings. The van der Waals surface area contributed by atoms with Crippen LogP contribution in [0.1, 0.15) is 22.3 Å². The van der Waals surface area contributed by atoms with Crippen molar-refractivity contribution in [2.75, 3.05) is 13.1 Å². The highest BCUT2D eigenvalue weighted by Gasteiger charge is 2.12. The minimum Gasteiger partial charge on any atom is -0.294 e. The zero-order chi connectivity index (χ0) is 21.8. The normalized spacial score (nSPS) is 11.2. The summed E-state index contributed by atoms with van der Waals surface area (Å²) in [5.41, 5.74) is 5.45. The maximum absolute atomic E-state index is 2.56. The first-order chi connectivity index (χ1) is 15.8. The summed E-state index contributed by atoms with van der Waals surface area (Å²) >= 11 is 0. The summed E-state index contributed by atoms with van der Waals surface area (Å²) in [6, 6.07) is 43.2. The molecule has 4 aromatic carbocycles. The van der Waals surface area contributed by atoms with Gasteiger partial charge in [0.1, 0.15) is 0 Å². The molecular formula is C30H32N2. The third-order valence-corrected chi connectivity index (χ3v) is 5.73. The monoisotopic (exact) mass is 420 g/mol. The smallest absolute Gasteiger partial charge is 0.0237 e. The van der Waals surface area contributed by atoms with Gasteiger partial charge in [0.15, 0.2) is 0 Å². The lowest BCUT2D eigenvalue weighted by atomic mass is 10.1. The Morgan fingerprint density at radius 1 is 0.312 bits per heavy atom. The van der Waals surface area contributed by atoms with Crippen LogP contribution in [-0.2, 0) is 26.2 Å². The van der Waals surface area contributed by atoms with Crippen molar-refractivity contribution in [1.29, 1.82) is 0 Å². The molecule has 0 bridgehead atoms. The Kier molecular flexibility index (Phi) is 8.25. The van der Waals surface area contributed by atoms with Crippen LogP contribution < -0.4 is 0 Å². The highest BCUT2D eigenvalue weighted by atomic mass is 15.2. The van der Waals surface area contributed by atoms with Crippen LogP contribution in [0.4, 0.5) is 0 Å². The van der Waals surface area contributed by atoms with Crippen LogP contribution in [0.25, 0.3) is 0 Å². The number of hydrogen-bond acceptors (Lipinski definition) is 2. The molecule has 4 rings (SSSR count). The van der Waals surface area contributed by atoms with Gasteiger partial charge in [-0.05, 0) is 22.3 Å². The van der Waals surface area contributed by atoms with Gasteiger partial charge < -0.3 is 0 Å². The van der Waals surface area contributed by atoms with Crippen LogP contribution in [-0.4, -0.2) is 22.9 Å². The number of benzene rings is 4. The zero-order valence-electron chi connectivity index (χ0n) is 18.7. The topological polar surface area (TPSA) is 6.48 Å². The van der Waals surface area contributed by atoms with Gasteiger partial charge in [0.25, 0.3) is 0 Å². The van der Waals surface area contributed by atoms with Crippen LogP contribution in [0.2, 0.25) is 0 Å². The second kappa shape index (κ2) is 12.0. The summed E-state index contributed by atoms with van der Waals surface area (Å²) < 4.78 is 0. The molecular weight excluding hydrogens is 388 g/mol. The van der Waals surface area contributed by atoms with E-state index in [1.165, 1.54) is 22.3 Å². The van der Waals surface area contributed by atoms with E-state index < -0.39 is 0 Å². The predicted molar refractivity (Wildman–Crippen MR) is 134 cm³/mol. The van der Waals surface area contributed by atoms with Crippen LogP contribution in [0.15, 0.2) is 121 Å². The maximum atomic E-state index is 2.56. The molecule has 0 heterocycles. The Labute approximate surface area is 192 Å². The summed E-state index contributed by atoms with van der Waals surface area (Å²) in [5, 5.41) is 0. The first-order valence-corrected chi connectivity index (χ1v) is 11.5. The molecule has 0 N–H and O–H groups in total. The van der Waals surface area contributed by atoms with E-state index in [0.717, 1.165) is 39.3 Å². The van der Waals surface area contributed by atoms with Crippen molar-refractivity contribution in [3.63, 3.8) is 0 Å². The molecule has 0 amide bonds. The fourth-order valence-corrected chi connectivity index (χ4v) is 4.08. The van der Waals surface area contributed by atoms with E-state index in [1.54, 1.807) is 0 Å². The molecule has 0 saturated carbocycles. The number of rotatable bonds is 11. The van der Waals surface area contributed by atoms with Crippen molar-refractivity contribution in [2.45, 2.75) is 26.2 Å². The van der Waals surface area contributed by atoms with Gasteiger partial charge in [0.05, 0.1) is 0 Å². The summed E-state index contributed by atoms with van der Waals surface area (Å²) in [7, 11) is 0. The lowest BCUT2D eigenvalue weighted by molar-refractivity contribution is 0.183. The highest BCUT2D eigenvalue weighted by Crippen LogP contribution is 2.13. The van der Waals surface area contributed by atoms with Crippen molar-refractivity contribution in [1.82, 2.24) is 9.80 Å². The fraction of sp³-hybridized carbons (Fsp3) is 0.200. The highest BCUT2D eigenvalue weighted by molar-refractivity contribution is 5.18. The van der Waals surface area contributed by atoms with Gasteiger partial charge in [0, 0.05) is 39.3 Å². The summed E-state index contributed by atoms with van der Waals surface area (Å²) in [6.45, 7) is 5.87. The molecule has 2 nitrogen and oxygen atoms in total. The van der Waals surface area contributed by atoms with Gasteiger partial charge in [-0.2, -0.15) is 0 Å². The third kappa shape index (κ3) is 7.19. The summed E-state index contributed by atoms with van der Waals surface area (Å²) in [4.78, 5) is 5.13. The third-order valence-electron chi connectivity index (χ3n) is 5.73. The van der Waals surface area contributed by atoms with Gasteiger partial charge in [0.2, 0.25) is 0 Å². The average molecular weight is 421 g/mol. The first kappa shape index (κ1) is 22.0. The molecule has 0 aliphatic rings. The average Bonchev–Trinajstić information content (AvgIpc) is 2.85. The summed E-state index contributed by atoms with van der Waals surface area (Å²) in [6.07, 6.45) is 0. The quantitative estimate of drug-likeness (QED) is 0.277. The standard InChI is InChI=1S/C30H32N2/c1-5-13-27(14-6-1)23-31(24-28-15-7-2-8-16-28)21-22-32(25-29-17-9-3-10-18-29)26-30-19-11-4-12-20-30/h1-20H,21-26H2. The lowest BCUT2D eigenvalue weighted by Gasteiger charge is -2.28. The van der Waals surface area contributed by atoms with Crippen LogP contribution >= 0.6 is 0 Å². The second-order valence-corrected chi connectivity index (χ2v) is 8.36. The van der Waals surface area contributed by atoms with Crippen LogP contribution in [0, 0.1) is 0 Å². The second-order valence-electron chi connectivity index (χ2n) is 8.36. The number of hydrogen-bond donors (Lipinski definition) is 0. The first-order valence-electron chi connectivity index (χ1n) is 11.5. The molecule has 162 valence electrons. The van der Waals surface area contributed by atoms with Crippen molar-refractivity contribution >= 4 is 0 Å². The van der Waals surface area contributed by atoms with E-state index in [-0.39, 0.29) is 0 Å². The fourth-order valence-electron chi connectivity index (χ4n) is 4.08.